The molecule has 3 nitrogen and oxygen atoms in total. The van der Waals surface area contributed by atoms with E-state index in [-0.39, 0.29) is 18.3 Å². The Hall–Kier alpha value is -3.12. The average molecular weight is 398 g/mol. The third-order valence-electron chi connectivity index (χ3n) is 4.52. The zero-order valence-corrected chi connectivity index (χ0v) is 15.8. The summed E-state index contributed by atoms with van der Waals surface area (Å²) in [6, 6.07) is 22.1. The Kier molecular flexibility index (Phi) is 6.34. The van der Waals surface area contributed by atoms with Gasteiger partial charge in [0, 0.05) is 0 Å². The quantitative estimate of drug-likeness (QED) is 0.589. The molecule has 150 valence electrons. The highest BCUT2D eigenvalue weighted by atomic mass is 19.4. The molecule has 0 saturated heterocycles. The summed E-state index contributed by atoms with van der Waals surface area (Å²) in [7, 11) is 0. The summed E-state index contributed by atoms with van der Waals surface area (Å²) >= 11 is 0. The summed E-state index contributed by atoms with van der Waals surface area (Å²) < 4.78 is 39.4. The Labute approximate surface area is 167 Å². The molecular formula is C23H21F3N2O. The highest BCUT2D eigenvalue weighted by molar-refractivity contribution is 5.93. The number of alkyl halides is 3. The smallest absolute Gasteiger partial charge is 0.324 e. The first kappa shape index (κ1) is 20.6. The molecular weight excluding hydrogens is 377 g/mol. The number of hydrogen-bond donors (Lipinski definition) is 2. The third-order valence-corrected chi connectivity index (χ3v) is 4.52. The molecule has 0 fully saturated rings. The number of carbonyl (C=O) groups is 1. The van der Waals surface area contributed by atoms with Gasteiger partial charge in [-0.3, -0.25) is 10.1 Å². The lowest BCUT2D eigenvalue weighted by Gasteiger charge is -2.20. The van der Waals surface area contributed by atoms with Crippen LogP contribution >= 0.6 is 0 Å². The van der Waals surface area contributed by atoms with Crippen molar-refractivity contribution in [2.75, 3.05) is 11.9 Å². The molecule has 2 N–H and O–H groups in total. The summed E-state index contributed by atoms with van der Waals surface area (Å²) in [6.07, 6.45) is -4.54. The second kappa shape index (κ2) is 8.92. The van der Waals surface area contributed by atoms with Crippen LogP contribution < -0.4 is 10.6 Å². The second-order valence-corrected chi connectivity index (χ2v) is 6.73. The molecule has 6 heteroatoms. The van der Waals surface area contributed by atoms with Crippen LogP contribution in [0.3, 0.4) is 0 Å². The van der Waals surface area contributed by atoms with Gasteiger partial charge >= 0.3 is 6.18 Å². The van der Waals surface area contributed by atoms with Gasteiger partial charge in [0.1, 0.15) is 0 Å². The monoisotopic (exact) mass is 398 g/mol. The van der Waals surface area contributed by atoms with E-state index in [1.165, 1.54) is 18.2 Å². The first-order chi connectivity index (χ1) is 13.8. The number of nitrogens with one attached hydrogen (secondary N) is 2. The van der Waals surface area contributed by atoms with Gasteiger partial charge in [0.2, 0.25) is 5.91 Å². The fourth-order valence-corrected chi connectivity index (χ4v) is 3.06. The number of aryl methyl sites for hydroxylation is 1. The molecule has 3 rings (SSSR count). The van der Waals surface area contributed by atoms with Crippen molar-refractivity contribution < 1.29 is 18.0 Å². The summed E-state index contributed by atoms with van der Waals surface area (Å²) in [5.74, 6) is -0.547. The van der Waals surface area contributed by atoms with E-state index in [2.05, 4.69) is 10.6 Å². The van der Waals surface area contributed by atoms with Gasteiger partial charge in [0.25, 0.3) is 0 Å². The number of carbonyl (C=O) groups excluding carboxylic acids is 1. The van der Waals surface area contributed by atoms with Crippen LogP contribution in [0.2, 0.25) is 0 Å². The number of benzene rings is 3. The molecule has 0 aromatic heterocycles. The Morgan fingerprint density at radius 1 is 0.862 bits per heavy atom. The van der Waals surface area contributed by atoms with Gasteiger partial charge in [-0.15, -0.1) is 0 Å². The van der Waals surface area contributed by atoms with Crippen molar-refractivity contribution in [3.63, 3.8) is 0 Å². The predicted octanol–water partition coefficient (Wildman–Crippen LogP) is 5.33. The minimum atomic E-state index is -4.54. The Morgan fingerprint density at radius 2 is 1.45 bits per heavy atom. The van der Waals surface area contributed by atoms with Gasteiger partial charge in [-0.25, -0.2) is 0 Å². The van der Waals surface area contributed by atoms with Gasteiger partial charge < -0.3 is 5.32 Å². The SMILES string of the molecule is Cc1ccc(C(NCC(=O)Nc2ccccc2C(F)(F)F)c2ccccc2)cc1. The van der Waals surface area contributed by atoms with Crippen molar-refractivity contribution in [2.24, 2.45) is 0 Å². The Bertz CT molecular complexity index is 954. The lowest BCUT2D eigenvalue weighted by atomic mass is 9.98. The fourth-order valence-electron chi connectivity index (χ4n) is 3.06. The van der Waals surface area contributed by atoms with Crippen molar-refractivity contribution in [1.29, 1.82) is 0 Å². The number of amides is 1. The molecule has 0 heterocycles. The first-order valence-corrected chi connectivity index (χ1v) is 9.15. The van der Waals surface area contributed by atoms with Crippen LogP contribution in [0, 0.1) is 6.92 Å². The van der Waals surface area contributed by atoms with Crippen molar-refractivity contribution in [3.8, 4) is 0 Å². The zero-order chi connectivity index (χ0) is 20.9. The zero-order valence-electron chi connectivity index (χ0n) is 15.8. The van der Waals surface area contributed by atoms with Crippen LogP contribution in [0.1, 0.15) is 28.3 Å². The van der Waals surface area contributed by atoms with Crippen LogP contribution in [0.25, 0.3) is 0 Å². The lowest BCUT2D eigenvalue weighted by Crippen LogP contribution is -2.32. The van der Waals surface area contributed by atoms with Gasteiger partial charge in [-0.2, -0.15) is 13.2 Å². The minimum absolute atomic E-state index is 0.139. The molecule has 3 aromatic carbocycles. The molecule has 1 amide bonds. The molecule has 1 atom stereocenters. The van der Waals surface area contributed by atoms with Crippen molar-refractivity contribution >= 4 is 11.6 Å². The number of halogens is 3. The summed E-state index contributed by atoms with van der Waals surface area (Å²) in [4.78, 5) is 12.4. The van der Waals surface area contributed by atoms with Crippen molar-refractivity contribution in [1.82, 2.24) is 5.32 Å². The van der Waals surface area contributed by atoms with E-state index in [9.17, 15) is 18.0 Å². The normalized spacial score (nSPS) is 12.4. The summed E-state index contributed by atoms with van der Waals surface area (Å²) in [6.45, 7) is 1.85. The van der Waals surface area contributed by atoms with Crippen LogP contribution in [-0.2, 0) is 11.0 Å². The highest BCUT2D eigenvalue weighted by Crippen LogP contribution is 2.34. The van der Waals surface area contributed by atoms with Gasteiger partial charge in [-0.05, 0) is 30.2 Å². The maximum Gasteiger partial charge on any atom is 0.418 e. The van der Waals surface area contributed by atoms with E-state index in [4.69, 9.17) is 0 Å². The van der Waals surface area contributed by atoms with Gasteiger partial charge in [0.05, 0.1) is 23.8 Å². The molecule has 0 saturated carbocycles. The number of rotatable bonds is 6. The van der Waals surface area contributed by atoms with Crippen LogP contribution in [0.4, 0.5) is 18.9 Å². The first-order valence-electron chi connectivity index (χ1n) is 9.15. The number of para-hydroxylation sites is 1. The molecule has 3 aromatic rings. The minimum Gasteiger partial charge on any atom is -0.324 e. The molecule has 0 radical (unpaired) electrons. The van der Waals surface area contributed by atoms with Crippen molar-refractivity contribution in [3.05, 3.63) is 101 Å². The maximum atomic E-state index is 13.1. The van der Waals surface area contributed by atoms with Crippen molar-refractivity contribution in [2.45, 2.75) is 19.1 Å². The van der Waals surface area contributed by atoms with E-state index in [1.807, 2.05) is 61.5 Å². The van der Waals surface area contributed by atoms with E-state index in [0.29, 0.717) is 0 Å². The molecule has 29 heavy (non-hydrogen) atoms. The van der Waals surface area contributed by atoms with Gasteiger partial charge in [-0.1, -0.05) is 72.3 Å². The lowest BCUT2D eigenvalue weighted by molar-refractivity contribution is -0.137. The van der Waals surface area contributed by atoms with E-state index in [1.54, 1.807) is 0 Å². The molecule has 1 unspecified atom stereocenters. The predicted molar refractivity (Wildman–Crippen MR) is 108 cm³/mol. The highest BCUT2D eigenvalue weighted by Gasteiger charge is 2.33. The van der Waals surface area contributed by atoms with Crippen LogP contribution in [0.15, 0.2) is 78.9 Å². The fraction of sp³-hybridized carbons (Fsp3) is 0.174. The third kappa shape index (κ3) is 5.45. The number of anilines is 1. The second-order valence-electron chi connectivity index (χ2n) is 6.73. The number of hydrogen-bond acceptors (Lipinski definition) is 2. The molecule has 0 aliphatic carbocycles. The van der Waals surface area contributed by atoms with E-state index in [0.717, 1.165) is 22.8 Å². The van der Waals surface area contributed by atoms with Gasteiger partial charge in [0.15, 0.2) is 0 Å². The topological polar surface area (TPSA) is 41.1 Å². The Morgan fingerprint density at radius 3 is 2.10 bits per heavy atom. The standard InChI is InChI=1S/C23H21F3N2O/c1-16-11-13-18(14-12-16)22(17-7-3-2-4-8-17)27-15-21(29)28-20-10-6-5-9-19(20)23(24,25)26/h2-14,22,27H,15H2,1H3,(H,28,29). The molecule has 0 bridgehead atoms. The Balaban J connectivity index is 1.75. The van der Waals surface area contributed by atoms with E-state index < -0.39 is 17.6 Å². The van der Waals surface area contributed by atoms with Crippen LogP contribution in [-0.4, -0.2) is 12.5 Å². The maximum absolute atomic E-state index is 13.1. The molecule has 0 aliphatic heterocycles. The van der Waals surface area contributed by atoms with Crippen LogP contribution in [0.5, 0.6) is 0 Å². The van der Waals surface area contributed by atoms with E-state index >= 15 is 0 Å². The molecule has 0 aliphatic rings. The largest absolute Gasteiger partial charge is 0.418 e. The average Bonchev–Trinajstić information content (AvgIpc) is 2.70. The summed E-state index contributed by atoms with van der Waals surface area (Å²) in [5, 5.41) is 5.52. The summed E-state index contributed by atoms with van der Waals surface area (Å²) in [5.41, 5.74) is 1.91. The molecule has 0 spiro atoms.